The fourth-order valence-corrected chi connectivity index (χ4v) is 4.52. The summed E-state index contributed by atoms with van der Waals surface area (Å²) in [4.78, 5) is 56.2. The number of nitrogens with one attached hydrogen (secondary N) is 1. The van der Waals surface area contributed by atoms with Crippen molar-refractivity contribution in [2.24, 2.45) is 10.6 Å². The molecule has 0 radical (unpaired) electrons. The molecule has 0 spiro atoms. The van der Waals surface area contributed by atoms with Crippen LogP contribution < -0.4 is 11.1 Å². The van der Waals surface area contributed by atoms with Gasteiger partial charge in [0.1, 0.15) is 29.9 Å². The van der Waals surface area contributed by atoms with E-state index in [4.69, 9.17) is 10.8 Å². The first-order chi connectivity index (χ1) is 15.3. The van der Waals surface area contributed by atoms with Gasteiger partial charge in [-0.15, -0.1) is 23.1 Å². The molecule has 5 N–H and O–H groups in total. The maximum absolute atomic E-state index is 12.5. The number of carboxylic acid groups (broad SMARTS) is 2. The number of hydrogen-bond acceptors (Lipinski definition) is 10. The molecule has 0 aromatic carbocycles. The average Bonchev–Trinajstić information content (AvgIpc) is 3.15. The topological polar surface area (TPSA) is 185 Å². The molecule has 2 aliphatic heterocycles. The number of carboxylic acids is 2. The van der Waals surface area contributed by atoms with Crippen molar-refractivity contribution in [2.75, 3.05) is 18.6 Å². The van der Waals surface area contributed by atoms with E-state index in [1.807, 2.05) is 0 Å². The Balaban J connectivity index is 0.000000479. The van der Waals surface area contributed by atoms with Gasteiger partial charge in [-0.3, -0.25) is 19.3 Å². The van der Waals surface area contributed by atoms with Gasteiger partial charge in [0.15, 0.2) is 10.8 Å². The van der Waals surface area contributed by atoms with E-state index >= 15 is 0 Å². The third-order valence-corrected chi connectivity index (χ3v) is 6.55. The van der Waals surface area contributed by atoms with Gasteiger partial charge in [-0.2, -0.15) is 0 Å². The molecule has 1 saturated heterocycles. The van der Waals surface area contributed by atoms with Crippen molar-refractivity contribution in [3.8, 4) is 0 Å². The summed E-state index contributed by atoms with van der Waals surface area (Å²) < 4.78 is 0. The van der Waals surface area contributed by atoms with Gasteiger partial charge < -0.3 is 26.1 Å². The summed E-state index contributed by atoms with van der Waals surface area (Å²) in [7, 11) is 1.28. The molecular weight excluding hydrogens is 474 g/mol. The maximum Gasteiger partial charge on any atom is 0.352 e. The van der Waals surface area contributed by atoms with Crippen LogP contribution in [0, 0.1) is 5.41 Å². The molecule has 3 rings (SSSR count). The molecule has 1 aromatic rings. The van der Waals surface area contributed by atoms with Gasteiger partial charge >= 0.3 is 11.9 Å². The molecule has 0 aliphatic carbocycles. The Morgan fingerprint density at radius 2 is 1.94 bits per heavy atom. The van der Waals surface area contributed by atoms with Crippen molar-refractivity contribution in [1.29, 1.82) is 0 Å². The number of amides is 2. The number of nitrogen functional groups attached to an aromatic ring is 1. The highest BCUT2D eigenvalue weighted by atomic mass is 32.2. The van der Waals surface area contributed by atoms with Crippen LogP contribution in [-0.2, 0) is 24.0 Å². The molecule has 3 heterocycles. The molecule has 2 aliphatic rings. The molecule has 1 fully saturated rings. The Kier molecular flexibility index (Phi) is 8.08. The Hall–Kier alpha value is -3.13. The van der Waals surface area contributed by atoms with Gasteiger partial charge in [0, 0.05) is 11.1 Å². The second-order valence-electron chi connectivity index (χ2n) is 8.04. The number of aliphatic carboxylic acids is 2. The van der Waals surface area contributed by atoms with Crippen LogP contribution in [0.4, 0.5) is 5.13 Å². The normalized spacial score (nSPS) is 20.2. The highest BCUT2D eigenvalue weighted by Gasteiger charge is 2.54. The number of hydrogen-bond donors (Lipinski definition) is 4. The number of nitrogens with two attached hydrogens (primary N) is 1. The number of fused-ring (bicyclic) bond motifs is 1. The van der Waals surface area contributed by atoms with Crippen LogP contribution in [0.3, 0.4) is 0 Å². The monoisotopic (exact) mass is 499 g/mol. The zero-order valence-electron chi connectivity index (χ0n) is 18.6. The van der Waals surface area contributed by atoms with Gasteiger partial charge in [-0.05, 0) is 33.3 Å². The van der Waals surface area contributed by atoms with Gasteiger partial charge in [-0.1, -0.05) is 5.16 Å². The molecule has 2 amide bonds. The Labute approximate surface area is 197 Å². The minimum Gasteiger partial charge on any atom is -0.481 e. The number of carbonyl (C=O) groups is 4. The summed E-state index contributed by atoms with van der Waals surface area (Å²) in [5, 5.41) is 25.1. The van der Waals surface area contributed by atoms with E-state index in [2.05, 4.69) is 20.3 Å². The van der Waals surface area contributed by atoms with Gasteiger partial charge in [0.25, 0.3) is 11.8 Å². The van der Waals surface area contributed by atoms with Crippen LogP contribution in [0.2, 0.25) is 0 Å². The van der Waals surface area contributed by atoms with E-state index in [1.54, 1.807) is 33.1 Å². The lowest BCUT2D eigenvalue weighted by atomic mass is 9.98. The minimum absolute atomic E-state index is 0.0256. The van der Waals surface area contributed by atoms with E-state index in [9.17, 15) is 24.3 Å². The fourth-order valence-electron chi connectivity index (χ4n) is 2.68. The Morgan fingerprint density at radius 1 is 1.33 bits per heavy atom. The standard InChI is InChI=1S/C14H15N5O5S2.C5H10O2/c1-5-3-25-12-8(11(21)19(12)9(5)13(22)23)17-10(20)7(18-24-2)6-4-26-14(15)16-6;1-5(2,3)4(6)7/h4,8,12H,3H2,1-2H3,(H2,15,16)(H,17,20)(H,22,23);1-3H3,(H,6,7)/b18-7+;/t8-,12-;/m1./s1. The summed E-state index contributed by atoms with van der Waals surface area (Å²) >= 11 is 2.52. The lowest BCUT2D eigenvalue weighted by Crippen LogP contribution is -2.71. The van der Waals surface area contributed by atoms with Crippen molar-refractivity contribution >= 4 is 57.7 Å². The number of carbonyl (C=O) groups excluding carboxylic acids is 2. The van der Waals surface area contributed by atoms with Crippen LogP contribution in [0.15, 0.2) is 21.8 Å². The predicted octanol–water partition coefficient (Wildman–Crippen LogP) is 0.951. The Bertz CT molecular complexity index is 1030. The summed E-state index contributed by atoms with van der Waals surface area (Å²) in [5.41, 5.74) is 5.69. The third kappa shape index (κ3) is 5.82. The van der Waals surface area contributed by atoms with Gasteiger partial charge in [0.05, 0.1) is 5.41 Å². The molecule has 0 bridgehead atoms. The van der Waals surface area contributed by atoms with Crippen LogP contribution in [0.5, 0.6) is 0 Å². The number of thioether (sulfide) groups is 1. The largest absolute Gasteiger partial charge is 0.481 e. The quantitative estimate of drug-likeness (QED) is 0.258. The molecule has 1 aromatic heterocycles. The van der Waals surface area contributed by atoms with Crippen molar-refractivity contribution in [1.82, 2.24) is 15.2 Å². The molecule has 0 unspecified atom stereocenters. The van der Waals surface area contributed by atoms with Crippen LogP contribution in [-0.4, -0.2) is 73.8 Å². The van der Waals surface area contributed by atoms with Crippen molar-refractivity contribution < 1.29 is 34.2 Å². The minimum atomic E-state index is -1.16. The molecule has 12 nitrogen and oxygen atoms in total. The van der Waals surface area contributed by atoms with E-state index in [1.165, 1.54) is 23.8 Å². The zero-order valence-corrected chi connectivity index (χ0v) is 20.2. The van der Waals surface area contributed by atoms with Crippen molar-refractivity contribution in [2.45, 2.75) is 39.1 Å². The van der Waals surface area contributed by atoms with Crippen molar-refractivity contribution in [3.05, 3.63) is 22.3 Å². The summed E-state index contributed by atoms with van der Waals surface area (Å²) in [6, 6.07) is -0.854. The number of β-lactam (4-membered cyclic amide) rings is 1. The third-order valence-electron chi connectivity index (χ3n) is 4.45. The molecule has 0 saturated carbocycles. The molecule has 14 heteroatoms. The van der Waals surface area contributed by atoms with Crippen LogP contribution in [0.25, 0.3) is 0 Å². The number of thiazole rings is 1. The highest BCUT2D eigenvalue weighted by Crippen LogP contribution is 2.40. The number of nitrogens with zero attached hydrogens (tertiary/aromatic N) is 3. The summed E-state index contributed by atoms with van der Waals surface area (Å²) in [5.74, 6) is -2.59. The predicted molar refractivity (Wildman–Crippen MR) is 123 cm³/mol. The fraction of sp³-hybridized carbons (Fsp3) is 0.474. The molecular formula is C19H25N5O7S2. The first kappa shape index (κ1) is 26.1. The van der Waals surface area contributed by atoms with Gasteiger partial charge in [-0.25, -0.2) is 9.78 Å². The number of anilines is 1. The average molecular weight is 500 g/mol. The summed E-state index contributed by atoms with van der Waals surface area (Å²) in [6.45, 7) is 6.65. The number of rotatable bonds is 5. The van der Waals surface area contributed by atoms with Crippen molar-refractivity contribution in [3.63, 3.8) is 0 Å². The number of aromatic nitrogens is 1. The zero-order chi connectivity index (χ0) is 25.1. The van der Waals surface area contributed by atoms with Crippen LogP contribution in [0.1, 0.15) is 33.4 Å². The lowest BCUT2D eigenvalue weighted by Gasteiger charge is -2.49. The first-order valence-electron chi connectivity index (χ1n) is 9.54. The van der Waals surface area contributed by atoms with E-state index in [0.29, 0.717) is 11.3 Å². The number of oxime groups is 1. The van der Waals surface area contributed by atoms with Gasteiger partial charge in [0.2, 0.25) is 0 Å². The second kappa shape index (κ2) is 10.2. The molecule has 180 valence electrons. The van der Waals surface area contributed by atoms with Crippen LogP contribution >= 0.6 is 23.1 Å². The first-order valence-corrected chi connectivity index (χ1v) is 11.5. The summed E-state index contributed by atoms with van der Waals surface area (Å²) in [6.07, 6.45) is 0. The van der Waals surface area contributed by atoms with E-state index in [-0.39, 0.29) is 22.2 Å². The highest BCUT2D eigenvalue weighted by molar-refractivity contribution is 8.00. The van der Waals surface area contributed by atoms with E-state index in [0.717, 1.165) is 11.3 Å². The maximum atomic E-state index is 12.5. The second-order valence-corrected chi connectivity index (χ2v) is 10.0. The molecule has 2 atom stereocenters. The van der Waals surface area contributed by atoms with E-state index < -0.39 is 40.6 Å². The SMILES string of the molecule is CC(C)(C)C(=O)O.CO/N=C(/C(=O)N[C@@H]1C(=O)N2C(C(=O)O)=C(C)CS[C@H]12)c1csc(N)n1. The molecule has 33 heavy (non-hydrogen) atoms. The Morgan fingerprint density at radius 3 is 2.39 bits per heavy atom. The smallest absolute Gasteiger partial charge is 0.352 e. The lowest BCUT2D eigenvalue weighted by molar-refractivity contribution is -0.150.